The van der Waals surface area contributed by atoms with Gasteiger partial charge in [0.15, 0.2) is 0 Å². The molecular formula is C49H30IrLi2N3. The molecule has 0 bridgehead atoms. The van der Waals surface area contributed by atoms with Gasteiger partial charge < -0.3 is 15.0 Å². The van der Waals surface area contributed by atoms with Crippen LogP contribution >= 0.6 is 0 Å². The first-order chi connectivity index (χ1) is 25.8. The number of fused-ring (bicyclic) bond motifs is 6. The normalized spacial score (nSPS) is 10.1. The number of hydrogen-bond acceptors (Lipinski definition) is 3. The molecule has 10 rings (SSSR count). The van der Waals surface area contributed by atoms with Crippen LogP contribution < -0.4 is 37.7 Å². The Morgan fingerprint density at radius 1 is 0.382 bits per heavy atom. The van der Waals surface area contributed by atoms with Crippen LogP contribution in [0.15, 0.2) is 182 Å². The van der Waals surface area contributed by atoms with Gasteiger partial charge in [-0.05, 0) is 44.7 Å². The number of hydrogen-bond donors (Lipinski definition) is 0. The van der Waals surface area contributed by atoms with Crippen LogP contribution in [0, 0.1) is 30.3 Å². The van der Waals surface area contributed by atoms with Gasteiger partial charge in [0.05, 0.1) is 0 Å². The minimum absolute atomic E-state index is 0. The molecule has 0 saturated heterocycles. The molecule has 252 valence electrons. The molecule has 0 atom stereocenters. The fraction of sp³-hybridized carbons (Fsp3) is 0. The predicted molar refractivity (Wildman–Crippen MR) is 213 cm³/mol. The van der Waals surface area contributed by atoms with E-state index in [1.54, 1.807) is 6.20 Å². The summed E-state index contributed by atoms with van der Waals surface area (Å²) in [6.07, 6.45) is 5.64. The molecule has 0 unspecified atom stereocenters. The van der Waals surface area contributed by atoms with Gasteiger partial charge >= 0.3 is 57.8 Å². The monoisotopic (exact) mass is 867 g/mol. The molecular weight excluding hydrogens is 837 g/mol. The van der Waals surface area contributed by atoms with Crippen molar-refractivity contribution in [1.82, 2.24) is 15.0 Å². The molecule has 3 aromatic heterocycles. The minimum atomic E-state index is 0. The van der Waals surface area contributed by atoms with Gasteiger partial charge in [-0.25, -0.2) is 0 Å². The summed E-state index contributed by atoms with van der Waals surface area (Å²) in [5, 5.41) is 6.80. The third-order valence-corrected chi connectivity index (χ3v) is 8.72. The Labute approximate surface area is 359 Å². The van der Waals surface area contributed by atoms with Crippen LogP contribution in [-0.4, -0.2) is 15.0 Å². The van der Waals surface area contributed by atoms with E-state index >= 15 is 0 Å². The topological polar surface area (TPSA) is 38.7 Å². The van der Waals surface area contributed by atoms with Gasteiger partial charge in [0.1, 0.15) is 0 Å². The summed E-state index contributed by atoms with van der Waals surface area (Å²) < 4.78 is 0. The first-order valence-corrected chi connectivity index (χ1v) is 17.0. The molecule has 7 aromatic carbocycles. The van der Waals surface area contributed by atoms with E-state index in [2.05, 4.69) is 118 Å². The summed E-state index contributed by atoms with van der Waals surface area (Å²) in [6.45, 7) is 0. The maximum atomic E-state index is 4.64. The van der Waals surface area contributed by atoms with Gasteiger partial charge in [0.2, 0.25) is 0 Å². The van der Waals surface area contributed by atoms with Gasteiger partial charge in [-0.15, -0.1) is 117 Å². The van der Waals surface area contributed by atoms with Gasteiger partial charge in [-0.1, -0.05) is 48.5 Å². The van der Waals surface area contributed by atoms with Crippen molar-refractivity contribution in [1.29, 1.82) is 0 Å². The van der Waals surface area contributed by atoms with Crippen LogP contribution in [0.1, 0.15) is 0 Å². The van der Waals surface area contributed by atoms with E-state index < -0.39 is 0 Å². The van der Waals surface area contributed by atoms with Crippen LogP contribution in [0.5, 0.6) is 0 Å². The Bertz CT molecular complexity index is 2540. The summed E-state index contributed by atoms with van der Waals surface area (Å²) in [5.41, 5.74) is 8.61. The maximum absolute atomic E-state index is 4.64. The Morgan fingerprint density at radius 2 is 0.873 bits per heavy atom. The standard InChI is InChI=1S/2C19H11N.C11H8N.Ir.2Li/c2*1-2-6-14(7-3-1)17-12-16-11-10-15-8-4-5-9-18(15)19(16)20-13-17;1-2-6-10(7-3-1)11-8-4-5-9-12-11;;;/h2*2-8,10-13H;1-6,8-9H;;;/q2*-2;-1;+3;2*+1. The van der Waals surface area contributed by atoms with Crippen LogP contribution in [-0.2, 0) is 20.1 Å². The Kier molecular flexibility index (Phi) is 14.9. The van der Waals surface area contributed by atoms with Crippen molar-refractivity contribution in [2.24, 2.45) is 0 Å². The molecule has 3 heterocycles. The summed E-state index contributed by atoms with van der Waals surface area (Å²) in [7, 11) is 0. The first kappa shape index (κ1) is 41.0. The largest absolute Gasteiger partial charge is 3.00 e. The van der Waals surface area contributed by atoms with Crippen molar-refractivity contribution in [2.75, 3.05) is 0 Å². The van der Waals surface area contributed by atoms with E-state index in [0.717, 1.165) is 66.1 Å². The van der Waals surface area contributed by atoms with E-state index in [-0.39, 0.29) is 57.8 Å². The second-order valence-electron chi connectivity index (χ2n) is 12.1. The molecule has 0 aliphatic heterocycles. The molecule has 3 nitrogen and oxygen atoms in total. The molecule has 0 fully saturated rings. The van der Waals surface area contributed by atoms with Crippen molar-refractivity contribution >= 4 is 43.4 Å². The molecule has 0 saturated carbocycles. The summed E-state index contributed by atoms with van der Waals surface area (Å²) >= 11 is 0. The number of nitrogens with zero attached hydrogens (tertiary/aromatic N) is 3. The fourth-order valence-corrected chi connectivity index (χ4v) is 6.13. The number of benzene rings is 7. The number of rotatable bonds is 3. The summed E-state index contributed by atoms with van der Waals surface area (Å²) in [5.74, 6) is 0. The Hall–Kier alpha value is -5.13. The van der Waals surface area contributed by atoms with E-state index in [0.29, 0.717) is 0 Å². The summed E-state index contributed by atoms with van der Waals surface area (Å²) in [4.78, 5) is 13.5. The number of pyridine rings is 3. The third-order valence-electron chi connectivity index (χ3n) is 8.72. The molecule has 55 heavy (non-hydrogen) atoms. The molecule has 0 amide bonds. The van der Waals surface area contributed by atoms with Crippen LogP contribution in [0.2, 0.25) is 0 Å². The minimum Gasteiger partial charge on any atom is -0.305 e. The molecule has 0 spiro atoms. The van der Waals surface area contributed by atoms with Gasteiger partial charge in [0, 0.05) is 18.6 Å². The van der Waals surface area contributed by atoms with Crippen molar-refractivity contribution in [3.63, 3.8) is 0 Å². The zero-order valence-corrected chi connectivity index (χ0v) is 32.9. The smallest absolute Gasteiger partial charge is 0.305 e. The zero-order chi connectivity index (χ0) is 35.0. The van der Waals surface area contributed by atoms with Crippen molar-refractivity contribution in [2.45, 2.75) is 0 Å². The number of aromatic nitrogens is 3. The van der Waals surface area contributed by atoms with Crippen molar-refractivity contribution in [3.8, 4) is 33.5 Å². The second-order valence-corrected chi connectivity index (χ2v) is 12.1. The predicted octanol–water partition coefficient (Wildman–Crippen LogP) is 5.87. The van der Waals surface area contributed by atoms with Gasteiger partial charge in [-0.2, -0.15) is 60.7 Å². The third kappa shape index (κ3) is 9.76. The molecule has 0 radical (unpaired) electrons. The van der Waals surface area contributed by atoms with Crippen molar-refractivity contribution < 1.29 is 57.8 Å². The van der Waals surface area contributed by atoms with Crippen LogP contribution in [0.4, 0.5) is 0 Å². The van der Waals surface area contributed by atoms with E-state index in [9.17, 15) is 0 Å². The summed E-state index contributed by atoms with van der Waals surface area (Å²) in [6, 6.07) is 70.3. The average Bonchev–Trinajstić information content (AvgIpc) is 3.25. The quantitative estimate of drug-likeness (QED) is 0.127. The molecule has 0 N–H and O–H groups in total. The molecule has 6 heteroatoms. The average molecular weight is 867 g/mol. The molecule has 0 aliphatic carbocycles. The second kappa shape index (κ2) is 20.0. The molecule has 0 aliphatic rings. The van der Waals surface area contributed by atoms with E-state index in [4.69, 9.17) is 0 Å². The molecule has 10 aromatic rings. The van der Waals surface area contributed by atoms with Gasteiger partial charge in [0.25, 0.3) is 0 Å². The van der Waals surface area contributed by atoms with Gasteiger partial charge in [-0.3, -0.25) is 0 Å². The first-order valence-electron chi connectivity index (χ1n) is 17.0. The van der Waals surface area contributed by atoms with E-state index in [1.165, 1.54) is 10.8 Å². The van der Waals surface area contributed by atoms with E-state index in [1.807, 2.05) is 103 Å². The van der Waals surface area contributed by atoms with Crippen LogP contribution in [0.3, 0.4) is 0 Å². The SMILES string of the molecule is [Ir+3].[Li+].[Li+].[c-]1ccc(-c2cnc3c(ccc4ccc[c-]c43)c2)cc1.[c-]1ccc(-c2cnc3c(ccc4ccc[c-]c43)c2)cc1.[c-]1ccccc1-c1ccccn1. The Morgan fingerprint density at radius 3 is 1.35 bits per heavy atom. The fourth-order valence-electron chi connectivity index (χ4n) is 6.13. The Balaban J connectivity index is 0.000000159. The zero-order valence-electron chi connectivity index (χ0n) is 30.5. The van der Waals surface area contributed by atoms with Crippen molar-refractivity contribution in [3.05, 3.63) is 213 Å². The maximum Gasteiger partial charge on any atom is 3.00 e. The van der Waals surface area contributed by atoms with Crippen LogP contribution in [0.25, 0.3) is 76.9 Å².